The first kappa shape index (κ1) is 14.0. The summed E-state index contributed by atoms with van der Waals surface area (Å²) >= 11 is 5.21. The number of piperazine rings is 1. The van der Waals surface area contributed by atoms with Crippen molar-refractivity contribution in [2.45, 2.75) is 32.2 Å². The minimum atomic E-state index is 0.305. The van der Waals surface area contributed by atoms with Gasteiger partial charge in [0.05, 0.1) is 0 Å². The van der Waals surface area contributed by atoms with Gasteiger partial charge in [-0.1, -0.05) is 0 Å². The summed E-state index contributed by atoms with van der Waals surface area (Å²) in [5.41, 5.74) is 0. The minimum Gasteiger partial charge on any atom is -0.337 e. The lowest BCUT2D eigenvalue weighted by Gasteiger charge is -2.34. The normalized spacial score (nSPS) is 20.1. The summed E-state index contributed by atoms with van der Waals surface area (Å²) in [4.78, 5) is 15.5. The van der Waals surface area contributed by atoms with E-state index in [0.29, 0.717) is 18.4 Å². The van der Waals surface area contributed by atoms with E-state index in [1.807, 2.05) is 4.90 Å². The second kappa shape index (κ2) is 6.68. The van der Waals surface area contributed by atoms with Gasteiger partial charge in [-0.25, -0.2) is 0 Å². The third kappa shape index (κ3) is 3.80. The molecule has 100 valence electrons. The topological polar surface area (TPSA) is 32.3 Å². The Morgan fingerprint density at radius 1 is 1.67 bits per heavy atom. The monoisotopic (exact) mass is 330 g/mol. The summed E-state index contributed by atoms with van der Waals surface area (Å²) in [6, 6.07) is 2.48. The van der Waals surface area contributed by atoms with Crippen LogP contribution in [-0.2, 0) is 11.2 Å². The molecule has 1 aromatic rings. The number of amides is 1. The molecule has 18 heavy (non-hydrogen) atoms. The highest BCUT2D eigenvalue weighted by Gasteiger charge is 2.22. The van der Waals surface area contributed by atoms with Gasteiger partial charge in [-0.05, 0) is 41.8 Å². The van der Waals surface area contributed by atoms with Crippen molar-refractivity contribution in [1.82, 2.24) is 10.2 Å². The molecule has 1 aliphatic heterocycles. The average molecular weight is 331 g/mol. The van der Waals surface area contributed by atoms with Crippen molar-refractivity contribution in [2.75, 3.05) is 19.6 Å². The van der Waals surface area contributed by atoms with E-state index >= 15 is 0 Å². The molecule has 0 spiro atoms. The van der Waals surface area contributed by atoms with Crippen molar-refractivity contribution in [3.8, 4) is 0 Å². The molecule has 0 saturated carbocycles. The fraction of sp³-hybridized carbons (Fsp3) is 0.615. The molecule has 1 aromatic heterocycles. The Kier molecular flexibility index (Phi) is 5.21. The van der Waals surface area contributed by atoms with Crippen LogP contribution in [0.5, 0.6) is 0 Å². The Bertz CT molecular complexity index is 407. The zero-order chi connectivity index (χ0) is 13.0. The van der Waals surface area contributed by atoms with Crippen LogP contribution in [-0.4, -0.2) is 36.5 Å². The number of nitrogens with zero attached hydrogens (tertiary/aromatic N) is 1. The molecular weight excluding hydrogens is 312 g/mol. The number of rotatable bonds is 4. The van der Waals surface area contributed by atoms with Gasteiger partial charge < -0.3 is 10.2 Å². The van der Waals surface area contributed by atoms with Crippen molar-refractivity contribution >= 4 is 33.2 Å². The number of carbonyl (C=O) groups is 1. The molecule has 5 heteroatoms. The van der Waals surface area contributed by atoms with Gasteiger partial charge in [0.25, 0.3) is 0 Å². The second-order valence-corrected chi connectivity index (χ2v) is 6.64. The SMILES string of the molecule is CC1CNCCN1C(=O)CCCc1cc(Br)cs1. The predicted molar refractivity (Wildman–Crippen MR) is 79.0 cm³/mol. The van der Waals surface area contributed by atoms with E-state index in [1.165, 1.54) is 4.88 Å². The van der Waals surface area contributed by atoms with Gasteiger partial charge in [-0.3, -0.25) is 4.79 Å². The van der Waals surface area contributed by atoms with Gasteiger partial charge in [0.1, 0.15) is 0 Å². The zero-order valence-electron chi connectivity index (χ0n) is 10.6. The smallest absolute Gasteiger partial charge is 0.222 e. The third-order valence-corrected chi connectivity index (χ3v) is 5.01. The Morgan fingerprint density at radius 2 is 2.50 bits per heavy atom. The molecule has 0 radical (unpaired) electrons. The molecule has 0 aliphatic carbocycles. The highest BCUT2D eigenvalue weighted by atomic mass is 79.9. The maximum absolute atomic E-state index is 12.1. The maximum Gasteiger partial charge on any atom is 0.222 e. The summed E-state index contributed by atoms with van der Waals surface area (Å²) < 4.78 is 1.14. The molecule has 3 nitrogen and oxygen atoms in total. The van der Waals surface area contributed by atoms with Crippen molar-refractivity contribution < 1.29 is 4.79 Å². The van der Waals surface area contributed by atoms with Crippen LogP contribution in [0.4, 0.5) is 0 Å². The van der Waals surface area contributed by atoms with E-state index in [4.69, 9.17) is 0 Å². The van der Waals surface area contributed by atoms with Crippen LogP contribution in [0.2, 0.25) is 0 Å². The number of halogens is 1. The van der Waals surface area contributed by atoms with Crippen LogP contribution in [0.1, 0.15) is 24.6 Å². The van der Waals surface area contributed by atoms with Crippen molar-refractivity contribution in [2.24, 2.45) is 0 Å². The van der Waals surface area contributed by atoms with Crippen molar-refractivity contribution in [3.05, 3.63) is 20.8 Å². The van der Waals surface area contributed by atoms with Crippen molar-refractivity contribution in [1.29, 1.82) is 0 Å². The standard InChI is InChI=1S/C13H19BrN2OS/c1-10-8-15-5-6-16(10)13(17)4-2-3-12-7-11(14)9-18-12/h7,9-10,15H,2-6,8H2,1H3. The van der Waals surface area contributed by atoms with Crippen LogP contribution < -0.4 is 5.32 Å². The van der Waals surface area contributed by atoms with Gasteiger partial charge >= 0.3 is 0 Å². The number of aryl methyl sites for hydroxylation is 1. The quantitative estimate of drug-likeness (QED) is 0.920. The number of nitrogens with one attached hydrogen (secondary N) is 1. The molecule has 1 aliphatic rings. The highest BCUT2D eigenvalue weighted by molar-refractivity contribution is 9.10. The van der Waals surface area contributed by atoms with Crippen LogP contribution >= 0.6 is 27.3 Å². The van der Waals surface area contributed by atoms with Crippen LogP contribution in [0, 0.1) is 0 Å². The summed E-state index contributed by atoms with van der Waals surface area (Å²) in [7, 11) is 0. The lowest BCUT2D eigenvalue weighted by Crippen LogP contribution is -2.52. The first-order chi connectivity index (χ1) is 8.66. The van der Waals surface area contributed by atoms with E-state index in [0.717, 1.165) is 36.9 Å². The summed E-state index contributed by atoms with van der Waals surface area (Å²) in [6.07, 6.45) is 2.62. The Morgan fingerprint density at radius 3 is 3.17 bits per heavy atom. The minimum absolute atomic E-state index is 0.305. The van der Waals surface area contributed by atoms with E-state index in [-0.39, 0.29) is 0 Å². The fourth-order valence-electron chi connectivity index (χ4n) is 2.25. The third-order valence-electron chi connectivity index (χ3n) is 3.26. The van der Waals surface area contributed by atoms with Crippen molar-refractivity contribution in [3.63, 3.8) is 0 Å². The van der Waals surface area contributed by atoms with E-state index < -0.39 is 0 Å². The molecule has 1 N–H and O–H groups in total. The molecule has 1 atom stereocenters. The lowest BCUT2D eigenvalue weighted by molar-refractivity contribution is -0.134. The number of hydrogen-bond donors (Lipinski definition) is 1. The molecule has 1 amide bonds. The largest absolute Gasteiger partial charge is 0.337 e. The van der Waals surface area contributed by atoms with Crippen LogP contribution in [0.15, 0.2) is 15.9 Å². The number of thiophene rings is 1. The van der Waals surface area contributed by atoms with Gasteiger partial charge in [-0.15, -0.1) is 11.3 Å². The van der Waals surface area contributed by atoms with E-state index in [9.17, 15) is 4.79 Å². The van der Waals surface area contributed by atoms with Gasteiger partial charge in [0.2, 0.25) is 5.91 Å². The Hall–Kier alpha value is -0.390. The summed E-state index contributed by atoms with van der Waals surface area (Å²) in [5.74, 6) is 0.305. The number of hydrogen-bond acceptors (Lipinski definition) is 3. The molecule has 1 fully saturated rings. The van der Waals surface area contributed by atoms with E-state index in [2.05, 4.69) is 39.6 Å². The van der Waals surface area contributed by atoms with E-state index in [1.54, 1.807) is 11.3 Å². The highest BCUT2D eigenvalue weighted by Crippen LogP contribution is 2.21. The molecule has 0 bridgehead atoms. The van der Waals surface area contributed by atoms with Crippen LogP contribution in [0.25, 0.3) is 0 Å². The molecule has 2 rings (SSSR count). The average Bonchev–Trinajstić information content (AvgIpc) is 2.75. The fourth-order valence-corrected chi connectivity index (χ4v) is 3.75. The molecular formula is C13H19BrN2OS. The molecule has 2 heterocycles. The first-order valence-corrected chi connectivity index (χ1v) is 8.07. The van der Waals surface area contributed by atoms with Gasteiger partial charge in [0.15, 0.2) is 0 Å². The summed E-state index contributed by atoms with van der Waals surface area (Å²) in [5, 5.41) is 5.40. The Balaban J connectivity index is 1.74. The van der Waals surface area contributed by atoms with Crippen LogP contribution in [0.3, 0.4) is 0 Å². The van der Waals surface area contributed by atoms with Gasteiger partial charge in [0, 0.05) is 46.8 Å². The van der Waals surface area contributed by atoms with Gasteiger partial charge in [-0.2, -0.15) is 0 Å². The maximum atomic E-state index is 12.1. The second-order valence-electron chi connectivity index (χ2n) is 4.73. The number of carbonyl (C=O) groups excluding carboxylic acids is 1. The summed E-state index contributed by atoms with van der Waals surface area (Å²) in [6.45, 7) is 4.81. The molecule has 0 aromatic carbocycles. The molecule has 1 saturated heterocycles. The molecule has 1 unspecified atom stereocenters. The Labute approximate surface area is 121 Å². The predicted octanol–water partition coefficient (Wildman–Crippen LogP) is 2.65. The first-order valence-electron chi connectivity index (χ1n) is 6.40. The zero-order valence-corrected chi connectivity index (χ0v) is 13.0. The lowest BCUT2D eigenvalue weighted by atomic mass is 10.1.